The van der Waals surface area contributed by atoms with Crippen molar-refractivity contribution in [3.05, 3.63) is 28.8 Å². The quantitative estimate of drug-likeness (QED) is 0.831. The van der Waals surface area contributed by atoms with Crippen molar-refractivity contribution in [3.63, 3.8) is 0 Å². The molecular weight excluding hydrogens is 252 g/mol. The van der Waals surface area contributed by atoms with Crippen molar-refractivity contribution >= 4 is 17.5 Å². The molecule has 0 radical (unpaired) electrons. The highest BCUT2D eigenvalue weighted by atomic mass is 35.5. The van der Waals surface area contributed by atoms with Gasteiger partial charge in [-0.15, -0.1) is 0 Å². The zero-order chi connectivity index (χ0) is 13.5. The fraction of sp³-hybridized carbons (Fsp3) is 0.462. The van der Waals surface area contributed by atoms with Gasteiger partial charge in [-0.3, -0.25) is 4.79 Å². The highest BCUT2D eigenvalue weighted by Gasteiger charge is 2.14. The Kier molecular flexibility index (Phi) is 5.95. The van der Waals surface area contributed by atoms with Crippen LogP contribution in [0.5, 0.6) is 5.75 Å². The molecule has 0 spiro atoms. The van der Waals surface area contributed by atoms with Crippen molar-refractivity contribution in [2.45, 2.75) is 26.5 Å². The lowest BCUT2D eigenvalue weighted by Crippen LogP contribution is -2.34. The maximum atomic E-state index is 11.4. The molecule has 1 atom stereocenters. The summed E-state index contributed by atoms with van der Waals surface area (Å²) in [6.45, 7) is 5.26. The normalized spacial score (nSPS) is 12.0. The number of nitrogens with one attached hydrogen (secondary N) is 2. The summed E-state index contributed by atoms with van der Waals surface area (Å²) < 4.78 is 5.64. The van der Waals surface area contributed by atoms with Crippen molar-refractivity contribution in [1.82, 2.24) is 10.6 Å². The van der Waals surface area contributed by atoms with Crippen molar-refractivity contribution in [2.75, 3.05) is 13.6 Å². The van der Waals surface area contributed by atoms with Crippen LogP contribution in [-0.2, 0) is 11.3 Å². The summed E-state index contributed by atoms with van der Waals surface area (Å²) in [4.78, 5) is 11.4. The van der Waals surface area contributed by atoms with Gasteiger partial charge in [-0.05, 0) is 31.7 Å². The molecule has 1 rings (SSSR count). The molecule has 0 saturated heterocycles. The van der Waals surface area contributed by atoms with Gasteiger partial charge in [-0.1, -0.05) is 18.5 Å². The van der Waals surface area contributed by atoms with E-state index in [1.807, 2.05) is 13.0 Å². The highest BCUT2D eigenvalue weighted by molar-refractivity contribution is 6.30. The van der Waals surface area contributed by atoms with E-state index in [1.165, 1.54) is 0 Å². The molecule has 1 unspecified atom stereocenters. The average Bonchev–Trinajstić information content (AvgIpc) is 2.37. The van der Waals surface area contributed by atoms with Crippen LogP contribution in [0.3, 0.4) is 0 Å². The SMILES string of the molecule is CCNCc1cc(Cl)ccc1OC(C)C(=O)NC. The van der Waals surface area contributed by atoms with E-state index in [1.54, 1.807) is 26.1 Å². The topological polar surface area (TPSA) is 50.4 Å². The second kappa shape index (κ2) is 7.24. The van der Waals surface area contributed by atoms with Crippen LogP contribution in [0.1, 0.15) is 19.4 Å². The average molecular weight is 271 g/mol. The number of carbonyl (C=O) groups is 1. The number of rotatable bonds is 6. The lowest BCUT2D eigenvalue weighted by atomic mass is 10.2. The summed E-state index contributed by atoms with van der Waals surface area (Å²) in [5, 5.41) is 6.42. The molecule has 1 aromatic rings. The Morgan fingerprint density at radius 1 is 1.50 bits per heavy atom. The summed E-state index contributed by atoms with van der Waals surface area (Å²) in [6, 6.07) is 5.38. The van der Waals surface area contributed by atoms with Crippen LogP contribution in [0, 0.1) is 0 Å². The van der Waals surface area contributed by atoms with Gasteiger partial charge in [0.2, 0.25) is 0 Å². The Balaban J connectivity index is 2.83. The van der Waals surface area contributed by atoms with E-state index in [4.69, 9.17) is 16.3 Å². The van der Waals surface area contributed by atoms with Crippen LogP contribution in [0.15, 0.2) is 18.2 Å². The first-order valence-corrected chi connectivity index (χ1v) is 6.33. The lowest BCUT2D eigenvalue weighted by molar-refractivity contribution is -0.126. The summed E-state index contributed by atoms with van der Waals surface area (Å²) in [5.41, 5.74) is 0.945. The standard InChI is InChI=1S/C13H19ClN2O2/c1-4-16-8-10-7-11(14)5-6-12(10)18-9(2)13(17)15-3/h5-7,9,16H,4,8H2,1-3H3,(H,15,17). The van der Waals surface area contributed by atoms with E-state index in [0.717, 1.165) is 12.1 Å². The van der Waals surface area contributed by atoms with Gasteiger partial charge in [0.1, 0.15) is 5.75 Å². The van der Waals surface area contributed by atoms with E-state index in [-0.39, 0.29) is 5.91 Å². The van der Waals surface area contributed by atoms with Crippen molar-refractivity contribution in [2.24, 2.45) is 0 Å². The van der Waals surface area contributed by atoms with E-state index < -0.39 is 6.10 Å². The maximum Gasteiger partial charge on any atom is 0.260 e. The van der Waals surface area contributed by atoms with Crippen LogP contribution in [-0.4, -0.2) is 25.6 Å². The second-order valence-corrected chi connectivity index (χ2v) is 4.34. The third-order valence-corrected chi connectivity index (χ3v) is 2.74. The van der Waals surface area contributed by atoms with Gasteiger partial charge >= 0.3 is 0 Å². The van der Waals surface area contributed by atoms with Gasteiger partial charge in [-0.2, -0.15) is 0 Å². The highest BCUT2D eigenvalue weighted by Crippen LogP contribution is 2.23. The third-order valence-electron chi connectivity index (χ3n) is 2.51. The Morgan fingerprint density at radius 2 is 2.22 bits per heavy atom. The van der Waals surface area contributed by atoms with Gasteiger partial charge in [0.05, 0.1) is 0 Å². The number of halogens is 1. The zero-order valence-corrected chi connectivity index (χ0v) is 11.7. The Labute approximate surface area is 113 Å². The number of benzene rings is 1. The first-order valence-electron chi connectivity index (χ1n) is 5.95. The third kappa shape index (κ3) is 4.20. The van der Waals surface area contributed by atoms with Gasteiger partial charge < -0.3 is 15.4 Å². The molecule has 0 saturated carbocycles. The molecule has 1 aromatic carbocycles. The molecule has 2 N–H and O–H groups in total. The van der Waals surface area contributed by atoms with E-state index >= 15 is 0 Å². The smallest absolute Gasteiger partial charge is 0.260 e. The molecule has 0 aliphatic rings. The van der Waals surface area contributed by atoms with Gasteiger partial charge in [0, 0.05) is 24.2 Å². The molecule has 100 valence electrons. The molecule has 1 amide bonds. The minimum atomic E-state index is -0.531. The lowest BCUT2D eigenvalue weighted by Gasteiger charge is -2.16. The van der Waals surface area contributed by atoms with Gasteiger partial charge in [0.15, 0.2) is 6.10 Å². The molecule has 0 bridgehead atoms. The molecular formula is C13H19ClN2O2. The monoisotopic (exact) mass is 270 g/mol. The molecule has 5 heteroatoms. The molecule has 0 aliphatic heterocycles. The summed E-state index contributed by atoms with van der Waals surface area (Å²) in [7, 11) is 1.59. The number of hydrogen-bond acceptors (Lipinski definition) is 3. The fourth-order valence-corrected chi connectivity index (χ4v) is 1.70. The molecule has 4 nitrogen and oxygen atoms in total. The van der Waals surface area contributed by atoms with Crippen molar-refractivity contribution in [1.29, 1.82) is 0 Å². The van der Waals surface area contributed by atoms with Crippen molar-refractivity contribution in [3.8, 4) is 5.75 Å². The number of hydrogen-bond donors (Lipinski definition) is 2. The number of ether oxygens (including phenoxy) is 1. The van der Waals surface area contributed by atoms with E-state index in [9.17, 15) is 4.79 Å². The molecule has 0 heterocycles. The van der Waals surface area contributed by atoms with Crippen LogP contribution in [0.4, 0.5) is 0 Å². The largest absolute Gasteiger partial charge is 0.481 e. The van der Waals surface area contributed by atoms with Gasteiger partial charge in [0.25, 0.3) is 5.91 Å². The number of amides is 1. The van der Waals surface area contributed by atoms with Crippen LogP contribution >= 0.6 is 11.6 Å². The summed E-state index contributed by atoms with van der Waals surface area (Å²) in [5.74, 6) is 0.524. The molecule has 18 heavy (non-hydrogen) atoms. The summed E-state index contributed by atoms with van der Waals surface area (Å²) >= 11 is 5.96. The minimum Gasteiger partial charge on any atom is -0.481 e. The summed E-state index contributed by atoms with van der Waals surface area (Å²) in [6.07, 6.45) is -0.531. The van der Waals surface area contributed by atoms with Crippen molar-refractivity contribution < 1.29 is 9.53 Å². The molecule has 0 aliphatic carbocycles. The fourth-order valence-electron chi connectivity index (χ4n) is 1.51. The molecule has 0 aromatic heterocycles. The van der Waals surface area contributed by atoms with Crippen LogP contribution in [0.25, 0.3) is 0 Å². The van der Waals surface area contributed by atoms with Gasteiger partial charge in [-0.25, -0.2) is 0 Å². The Bertz CT molecular complexity index is 410. The number of carbonyl (C=O) groups excluding carboxylic acids is 1. The van der Waals surface area contributed by atoms with Crippen LogP contribution in [0.2, 0.25) is 5.02 Å². The second-order valence-electron chi connectivity index (χ2n) is 3.91. The zero-order valence-electron chi connectivity index (χ0n) is 10.9. The van der Waals surface area contributed by atoms with E-state index in [2.05, 4.69) is 10.6 Å². The first-order chi connectivity index (χ1) is 8.58. The number of likely N-dealkylation sites (N-methyl/N-ethyl adjacent to an activating group) is 1. The maximum absolute atomic E-state index is 11.4. The Hall–Kier alpha value is -1.26. The predicted molar refractivity (Wildman–Crippen MR) is 73.0 cm³/mol. The Morgan fingerprint density at radius 3 is 2.83 bits per heavy atom. The molecule has 0 fully saturated rings. The van der Waals surface area contributed by atoms with Crippen LogP contribution < -0.4 is 15.4 Å². The predicted octanol–water partition coefficient (Wildman–Crippen LogP) is 1.96. The first kappa shape index (κ1) is 14.8. The minimum absolute atomic E-state index is 0.153. The van der Waals surface area contributed by atoms with E-state index in [0.29, 0.717) is 17.3 Å².